The Kier molecular flexibility index (Phi) is 14.3. The molecule has 0 bridgehead atoms. The Bertz CT molecular complexity index is 255. The van der Waals surface area contributed by atoms with Gasteiger partial charge in [0.05, 0.1) is 32.7 Å². The van der Waals surface area contributed by atoms with Crippen LogP contribution in [0, 0.1) is 0 Å². The number of hydrogen-bond donors (Lipinski definition) is 0. The predicted octanol–water partition coefficient (Wildman–Crippen LogP) is 6.19. The van der Waals surface area contributed by atoms with Gasteiger partial charge in [0.1, 0.15) is 0 Å². The van der Waals surface area contributed by atoms with Crippen LogP contribution in [0.25, 0.3) is 0 Å². The van der Waals surface area contributed by atoms with Crippen molar-refractivity contribution >= 4 is 90.4 Å². The van der Waals surface area contributed by atoms with E-state index in [1.54, 1.807) is 0 Å². The van der Waals surface area contributed by atoms with Gasteiger partial charge in [-0.2, -0.15) is 0 Å². The van der Waals surface area contributed by atoms with Gasteiger partial charge in [0.2, 0.25) is 0 Å². The zero-order chi connectivity index (χ0) is 15.6. The lowest BCUT2D eigenvalue weighted by atomic mass is 10.5. The summed E-state index contributed by atoms with van der Waals surface area (Å²) in [6, 6.07) is 0. The molecule has 20 heavy (non-hydrogen) atoms. The van der Waals surface area contributed by atoms with Crippen LogP contribution in [0.2, 0.25) is 0 Å². The molecule has 11 heteroatoms. The second kappa shape index (κ2) is 12.8. The molecule has 0 spiro atoms. The molecule has 3 atom stereocenters. The second-order valence-corrected chi connectivity index (χ2v) is 11.6. The highest BCUT2D eigenvalue weighted by Crippen LogP contribution is 2.50. The Hall–Kier alpha value is 2.42. The first-order chi connectivity index (χ1) is 9.25. The Labute approximate surface area is 159 Å². The summed E-state index contributed by atoms with van der Waals surface area (Å²) in [5, 5.41) is 0. The average molecular weight is 564 g/mol. The van der Waals surface area contributed by atoms with Crippen LogP contribution in [0.5, 0.6) is 0 Å². The third-order valence-electron chi connectivity index (χ3n) is 1.76. The van der Waals surface area contributed by atoms with Gasteiger partial charge in [0.25, 0.3) is 0 Å². The molecule has 3 unspecified atom stereocenters. The van der Waals surface area contributed by atoms with Crippen molar-refractivity contribution in [3.63, 3.8) is 0 Å². The van der Waals surface area contributed by atoms with Crippen LogP contribution in [0.3, 0.4) is 0 Å². The fourth-order valence-electron chi connectivity index (χ4n) is 0.873. The van der Waals surface area contributed by atoms with Crippen molar-refractivity contribution in [1.82, 2.24) is 0 Å². The van der Waals surface area contributed by atoms with Gasteiger partial charge in [0, 0.05) is 0 Å². The van der Waals surface area contributed by atoms with Gasteiger partial charge in [0.15, 0.2) is 0 Å². The summed E-state index contributed by atoms with van der Waals surface area (Å²) in [5.41, 5.74) is 0. The molecular weight excluding hydrogens is 549 g/mol. The molecule has 0 amide bonds. The van der Waals surface area contributed by atoms with E-state index in [2.05, 4.69) is 47.8 Å². The van der Waals surface area contributed by atoms with Gasteiger partial charge in [-0.1, -0.05) is 47.8 Å². The molecule has 0 aromatic carbocycles. The van der Waals surface area contributed by atoms with Crippen molar-refractivity contribution in [2.45, 2.75) is 32.1 Å². The van der Waals surface area contributed by atoms with E-state index in [9.17, 15) is 4.57 Å². The quantitative estimate of drug-likeness (QED) is 0.210. The standard InChI is InChI=1S/C9H15Br3Cl3O4P/c10-7(13)1-4-17-20(16,18-5-2-8(11)14)19-6-3-9(12)15/h7-9H,1-6H2. The van der Waals surface area contributed by atoms with Crippen LogP contribution >= 0.6 is 90.4 Å². The third-order valence-corrected chi connectivity index (χ3v) is 5.28. The molecule has 0 aliphatic carbocycles. The smallest absolute Gasteiger partial charge is 0.287 e. The zero-order valence-corrected chi connectivity index (χ0v) is 18.2. The molecule has 0 heterocycles. The molecule has 0 aromatic heterocycles. The normalized spacial score (nSPS) is 19.3. The van der Waals surface area contributed by atoms with E-state index in [1.165, 1.54) is 0 Å². The minimum atomic E-state index is -3.63. The van der Waals surface area contributed by atoms with Crippen LogP contribution in [0.1, 0.15) is 19.3 Å². The van der Waals surface area contributed by atoms with E-state index in [-0.39, 0.29) is 32.7 Å². The van der Waals surface area contributed by atoms with Crippen molar-refractivity contribution in [1.29, 1.82) is 0 Å². The highest BCUT2D eigenvalue weighted by Gasteiger charge is 2.27. The van der Waals surface area contributed by atoms with Crippen molar-refractivity contribution in [3.8, 4) is 0 Å². The summed E-state index contributed by atoms with van der Waals surface area (Å²) in [6.07, 6.45) is 1.39. The fourth-order valence-corrected chi connectivity index (χ4v) is 2.91. The van der Waals surface area contributed by atoms with Gasteiger partial charge in [-0.05, 0) is 19.3 Å². The summed E-state index contributed by atoms with van der Waals surface area (Å²) < 4.78 is 27.1. The van der Waals surface area contributed by atoms with Crippen molar-refractivity contribution in [2.24, 2.45) is 0 Å². The fraction of sp³-hybridized carbons (Fsp3) is 1.00. The first kappa shape index (κ1) is 22.4. The molecule has 0 saturated carbocycles. The van der Waals surface area contributed by atoms with Crippen LogP contribution in [-0.4, -0.2) is 32.7 Å². The van der Waals surface area contributed by atoms with Crippen LogP contribution in [0.4, 0.5) is 0 Å². The molecule has 4 nitrogen and oxygen atoms in total. The number of hydrogen-bond acceptors (Lipinski definition) is 4. The maximum Gasteiger partial charge on any atom is 0.474 e. The summed E-state index contributed by atoms with van der Waals surface area (Å²) >= 11 is 26.6. The van der Waals surface area contributed by atoms with Crippen molar-refractivity contribution < 1.29 is 18.1 Å². The number of rotatable bonds is 12. The Morgan fingerprint density at radius 1 is 0.750 bits per heavy atom. The zero-order valence-electron chi connectivity index (χ0n) is 10.3. The van der Waals surface area contributed by atoms with Crippen LogP contribution in [0.15, 0.2) is 0 Å². The Morgan fingerprint density at radius 2 is 1.00 bits per heavy atom. The molecule has 0 aromatic rings. The van der Waals surface area contributed by atoms with E-state index < -0.39 is 7.82 Å². The number of alkyl halides is 6. The van der Waals surface area contributed by atoms with E-state index in [0.29, 0.717) is 19.3 Å². The van der Waals surface area contributed by atoms with Gasteiger partial charge in [-0.15, -0.1) is 34.8 Å². The maximum atomic E-state index is 12.3. The second-order valence-electron chi connectivity index (χ2n) is 3.49. The van der Waals surface area contributed by atoms with Gasteiger partial charge < -0.3 is 0 Å². The highest BCUT2D eigenvalue weighted by atomic mass is 79.9. The molecule has 0 radical (unpaired) electrons. The van der Waals surface area contributed by atoms with Crippen molar-refractivity contribution in [3.05, 3.63) is 0 Å². The SMILES string of the molecule is O=P(OCCC(Cl)Br)(OCCC(Cl)Br)OCCC(Cl)Br. The monoisotopic (exact) mass is 560 g/mol. The van der Waals surface area contributed by atoms with Crippen LogP contribution in [-0.2, 0) is 18.1 Å². The summed E-state index contributed by atoms with van der Waals surface area (Å²) in [4.78, 5) is 0. The first-order valence-corrected chi connectivity index (χ1v) is 11.1. The molecule has 0 aliphatic heterocycles. The lowest BCUT2D eigenvalue weighted by molar-refractivity contribution is 0.113. The van der Waals surface area contributed by atoms with E-state index in [0.717, 1.165) is 0 Å². The number of phosphoric ester groups is 1. The largest absolute Gasteiger partial charge is 0.474 e. The molecule has 0 aliphatic rings. The Morgan fingerprint density at radius 3 is 1.20 bits per heavy atom. The number of halogens is 6. The summed E-state index contributed by atoms with van der Waals surface area (Å²) in [5.74, 6) is 0. The molecule has 122 valence electrons. The average Bonchev–Trinajstić information content (AvgIpc) is 2.27. The number of phosphoric acid groups is 1. The maximum absolute atomic E-state index is 12.3. The molecule has 0 saturated heterocycles. The summed E-state index contributed by atoms with van der Waals surface area (Å²) in [6.45, 7) is 0.440. The highest BCUT2D eigenvalue weighted by molar-refractivity contribution is 9.10. The molecule has 0 rings (SSSR count). The molecule has 0 N–H and O–H groups in total. The van der Waals surface area contributed by atoms with Gasteiger partial charge in [-0.25, -0.2) is 4.57 Å². The predicted molar refractivity (Wildman–Crippen MR) is 95.0 cm³/mol. The summed E-state index contributed by atoms with van der Waals surface area (Å²) in [7, 11) is -3.63. The minimum absolute atomic E-state index is 0.147. The van der Waals surface area contributed by atoms with E-state index in [4.69, 9.17) is 48.4 Å². The van der Waals surface area contributed by atoms with E-state index >= 15 is 0 Å². The first-order valence-electron chi connectivity index (χ1n) is 5.63. The molecule has 0 fully saturated rings. The lowest BCUT2D eigenvalue weighted by Crippen LogP contribution is -2.07. The van der Waals surface area contributed by atoms with Gasteiger partial charge in [-0.3, -0.25) is 13.6 Å². The third kappa shape index (κ3) is 14.0. The Balaban J connectivity index is 4.23. The van der Waals surface area contributed by atoms with Crippen LogP contribution < -0.4 is 0 Å². The minimum Gasteiger partial charge on any atom is -0.287 e. The van der Waals surface area contributed by atoms with E-state index in [1.807, 2.05) is 0 Å². The van der Waals surface area contributed by atoms with Crippen molar-refractivity contribution in [2.75, 3.05) is 19.8 Å². The topological polar surface area (TPSA) is 44.8 Å². The lowest BCUT2D eigenvalue weighted by Gasteiger charge is -2.18. The molecular formula is C9H15Br3Cl3O4P. The van der Waals surface area contributed by atoms with Gasteiger partial charge >= 0.3 is 7.82 Å².